The van der Waals surface area contributed by atoms with Gasteiger partial charge in [-0.25, -0.2) is 9.78 Å². The Morgan fingerprint density at radius 3 is 2.76 bits per heavy atom. The summed E-state index contributed by atoms with van der Waals surface area (Å²) in [5.74, 6) is -0.823. The summed E-state index contributed by atoms with van der Waals surface area (Å²) in [6.07, 6.45) is 3.22. The van der Waals surface area contributed by atoms with Crippen molar-refractivity contribution in [3.05, 3.63) is 48.4 Å². The van der Waals surface area contributed by atoms with Crippen molar-refractivity contribution < 1.29 is 14.4 Å². The Balaban J connectivity index is 2.20. The van der Waals surface area contributed by atoms with E-state index in [0.717, 1.165) is 0 Å². The second-order valence-corrected chi connectivity index (χ2v) is 4.47. The summed E-state index contributed by atoms with van der Waals surface area (Å²) in [6.45, 7) is 2.62. The van der Waals surface area contributed by atoms with Crippen LogP contribution in [0.1, 0.15) is 17.3 Å². The van der Waals surface area contributed by atoms with Crippen LogP contribution in [0.3, 0.4) is 0 Å². The molecular formula is C15H13N3O3. The standard InChI is InChI=1S/C15H13N3O3/c1-2-18-9-16-8-11(18)13-12(15(19)20)14(21-17-13)10-6-4-3-5-7-10/h3-9H,2H2,1H3,(H,19,20). The van der Waals surface area contributed by atoms with Crippen LogP contribution in [-0.4, -0.2) is 25.8 Å². The molecule has 0 unspecified atom stereocenters. The lowest BCUT2D eigenvalue weighted by Crippen LogP contribution is -2.02. The Morgan fingerprint density at radius 1 is 1.33 bits per heavy atom. The van der Waals surface area contributed by atoms with E-state index >= 15 is 0 Å². The summed E-state index contributed by atoms with van der Waals surface area (Å²) in [6, 6.07) is 9.06. The zero-order valence-corrected chi connectivity index (χ0v) is 11.4. The number of hydrogen-bond donors (Lipinski definition) is 1. The molecule has 6 nitrogen and oxygen atoms in total. The van der Waals surface area contributed by atoms with Crippen molar-refractivity contribution in [3.8, 4) is 22.7 Å². The van der Waals surface area contributed by atoms with Crippen LogP contribution >= 0.6 is 0 Å². The highest BCUT2D eigenvalue weighted by atomic mass is 16.5. The fraction of sp³-hybridized carbons (Fsp3) is 0.133. The highest BCUT2D eigenvalue weighted by molar-refractivity contribution is 6.00. The maximum Gasteiger partial charge on any atom is 0.342 e. The molecule has 3 rings (SSSR count). The van der Waals surface area contributed by atoms with Crippen LogP contribution in [0.5, 0.6) is 0 Å². The molecule has 3 aromatic rings. The van der Waals surface area contributed by atoms with Gasteiger partial charge in [0, 0.05) is 12.1 Å². The number of carboxylic acids is 1. The van der Waals surface area contributed by atoms with Gasteiger partial charge in [0.1, 0.15) is 11.3 Å². The van der Waals surface area contributed by atoms with Crippen LogP contribution in [-0.2, 0) is 6.54 Å². The average Bonchev–Trinajstić information content (AvgIpc) is 3.13. The number of rotatable bonds is 4. The van der Waals surface area contributed by atoms with E-state index in [1.165, 1.54) is 0 Å². The third-order valence-corrected chi connectivity index (χ3v) is 3.24. The predicted octanol–water partition coefficient (Wildman–Crippen LogP) is 2.92. The molecule has 21 heavy (non-hydrogen) atoms. The molecule has 0 fully saturated rings. The minimum atomic E-state index is -1.08. The molecule has 1 aromatic carbocycles. The SMILES string of the molecule is CCn1cncc1-c1noc(-c2ccccc2)c1C(=O)O. The third kappa shape index (κ3) is 2.20. The van der Waals surface area contributed by atoms with Crippen molar-refractivity contribution in [3.63, 3.8) is 0 Å². The predicted molar refractivity (Wildman–Crippen MR) is 75.8 cm³/mol. The van der Waals surface area contributed by atoms with E-state index in [9.17, 15) is 9.90 Å². The summed E-state index contributed by atoms with van der Waals surface area (Å²) in [5.41, 5.74) is 1.65. The Morgan fingerprint density at radius 2 is 2.10 bits per heavy atom. The number of aromatic nitrogens is 3. The van der Waals surface area contributed by atoms with Gasteiger partial charge < -0.3 is 14.2 Å². The van der Waals surface area contributed by atoms with Crippen molar-refractivity contribution in [1.29, 1.82) is 0 Å². The van der Waals surface area contributed by atoms with Gasteiger partial charge in [0.25, 0.3) is 0 Å². The fourth-order valence-electron chi connectivity index (χ4n) is 2.22. The molecule has 0 aliphatic carbocycles. The van der Waals surface area contributed by atoms with Crippen LogP contribution in [0.15, 0.2) is 47.4 Å². The number of carbonyl (C=O) groups is 1. The number of imidazole rings is 1. The molecular weight excluding hydrogens is 270 g/mol. The maximum absolute atomic E-state index is 11.6. The van der Waals surface area contributed by atoms with Gasteiger partial charge in [0.2, 0.25) is 0 Å². The van der Waals surface area contributed by atoms with E-state index in [-0.39, 0.29) is 11.3 Å². The molecule has 0 aliphatic rings. The highest BCUT2D eigenvalue weighted by Gasteiger charge is 2.26. The van der Waals surface area contributed by atoms with Gasteiger partial charge in [-0.3, -0.25) is 0 Å². The largest absolute Gasteiger partial charge is 0.477 e. The molecule has 6 heteroatoms. The van der Waals surface area contributed by atoms with Gasteiger partial charge in [-0.05, 0) is 6.92 Å². The van der Waals surface area contributed by atoms with E-state index in [1.54, 1.807) is 24.7 Å². The minimum absolute atomic E-state index is 0.0522. The number of benzene rings is 1. The van der Waals surface area contributed by atoms with Gasteiger partial charge in [-0.2, -0.15) is 0 Å². The zero-order chi connectivity index (χ0) is 14.8. The monoisotopic (exact) mass is 283 g/mol. The van der Waals surface area contributed by atoms with E-state index in [1.807, 2.05) is 29.7 Å². The Bertz CT molecular complexity index is 775. The molecule has 106 valence electrons. The van der Waals surface area contributed by atoms with Crippen molar-refractivity contribution in [2.75, 3.05) is 0 Å². The zero-order valence-electron chi connectivity index (χ0n) is 11.4. The minimum Gasteiger partial charge on any atom is -0.477 e. The second-order valence-electron chi connectivity index (χ2n) is 4.47. The number of aryl methyl sites for hydroxylation is 1. The summed E-state index contributed by atoms with van der Waals surface area (Å²) >= 11 is 0. The molecule has 0 radical (unpaired) electrons. The summed E-state index contributed by atoms with van der Waals surface area (Å²) in [5, 5.41) is 13.5. The Labute approximate surface area is 120 Å². The van der Waals surface area contributed by atoms with Crippen LogP contribution in [0.2, 0.25) is 0 Å². The van der Waals surface area contributed by atoms with Crippen molar-refractivity contribution in [1.82, 2.24) is 14.7 Å². The number of nitrogens with zero attached hydrogens (tertiary/aromatic N) is 3. The van der Waals surface area contributed by atoms with Gasteiger partial charge >= 0.3 is 5.97 Å². The molecule has 2 heterocycles. The van der Waals surface area contributed by atoms with E-state index in [2.05, 4.69) is 10.1 Å². The highest BCUT2D eigenvalue weighted by Crippen LogP contribution is 2.32. The lowest BCUT2D eigenvalue weighted by Gasteiger charge is -2.02. The lowest BCUT2D eigenvalue weighted by molar-refractivity contribution is 0.0698. The number of aromatic carboxylic acids is 1. The first-order chi connectivity index (χ1) is 10.2. The summed E-state index contributed by atoms with van der Waals surface area (Å²) in [4.78, 5) is 15.7. The van der Waals surface area contributed by atoms with Crippen molar-refractivity contribution in [2.45, 2.75) is 13.5 Å². The second kappa shape index (κ2) is 5.24. The van der Waals surface area contributed by atoms with Gasteiger partial charge in [-0.15, -0.1) is 0 Å². The summed E-state index contributed by atoms with van der Waals surface area (Å²) < 4.78 is 7.11. The molecule has 0 spiro atoms. The molecule has 0 amide bonds. The first kappa shape index (κ1) is 13.1. The quantitative estimate of drug-likeness (QED) is 0.796. The van der Waals surface area contributed by atoms with Crippen LogP contribution < -0.4 is 0 Å². The molecule has 0 atom stereocenters. The molecule has 0 saturated carbocycles. The normalized spacial score (nSPS) is 10.7. The number of hydrogen-bond acceptors (Lipinski definition) is 4. The maximum atomic E-state index is 11.6. The number of carboxylic acid groups (broad SMARTS) is 1. The van der Waals surface area contributed by atoms with Crippen LogP contribution in [0.4, 0.5) is 0 Å². The first-order valence-corrected chi connectivity index (χ1v) is 6.51. The molecule has 0 saturated heterocycles. The van der Waals surface area contributed by atoms with E-state index in [0.29, 0.717) is 23.5 Å². The average molecular weight is 283 g/mol. The first-order valence-electron chi connectivity index (χ1n) is 6.51. The van der Waals surface area contributed by atoms with Crippen molar-refractivity contribution >= 4 is 5.97 Å². The molecule has 0 bridgehead atoms. The Kier molecular flexibility index (Phi) is 3.27. The van der Waals surface area contributed by atoms with Gasteiger partial charge in [-0.1, -0.05) is 35.5 Å². The summed E-state index contributed by atoms with van der Waals surface area (Å²) in [7, 11) is 0. The molecule has 0 aliphatic heterocycles. The van der Waals surface area contributed by atoms with Gasteiger partial charge in [0.05, 0.1) is 18.2 Å². The Hall–Kier alpha value is -2.89. The topological polar surface area (TPSA) is 81.2 Å². The van der Waals surface area contributed by atoms with Crippen molar-refractivity contribution in [2.24, 2.45) is 0 Å². The van der Waals surface area contributed by atoms with Crippen LogP contribution in [0.25, 0.3) is 22.7 Å². The third-order valence-electron chi connectivity index (χ3n) is 3.24. The molecule has 2 aromatic heterocycles. The van der Waals surface area contributed by atoms with E-state index in [4.69, 9.17) is 4.52 Å². The lowest BCUT2D eigenvalue weighted by atomic mass is 10.1. The smallest absolute Gasteiger partial charge is 0.342 e. The van der Waals surface area contributed by atoms with E-state index < -0.39 is 5.97 Å². The van der Waals surface area contributed by atoms with Crippen LogP contribution in [0, 0.1) is 0 Å². The molecule has 1 N–H and O–H groups in total. The van der Waals surface area contributed by atoms with Gasteiger partial charge in [0.15, 0.2) is 5.76 Å². The fourth-order valence-corrected chi connectivity index (χ4v) is 2.22.